The maximum atomic E-state index is 12.3. The molecule has 0 bridgehead atoms. The first-order chi connectivity index (χ1) is 11.9. The molecule has 1 spiro atoms. The van der Waals surface area contributed by atoms with Crippen LogP contribution in [0.5, 0.6) is 0 Å². The average Bonchev–Trinajstić information content (AvgIpc) is 3.03. The first-order valence-electron chi connectivity index (χ1n) is 8.64. The SMILES string of the molecule is Cl.O=C(CCNS(=O)(=O)c1cccc(Cl)c1)N1CCC2(CCNC2)CC1. The van der Waals surface area contributed by atoms with E-state index in [0.717, 1.165) is 39.0 Å². The summed E-state index contributed by atoms with van der Waals surface area (Å²) in [6.07, 6.45) is 3.42. The summed E-state index contributed by atoms with van der Waals surface area (Å²) >= 11 is 5.83. The summed E-state index contributed by atoms with van der Waals surface area (Å²) in [4.78, 5) is 14.3. The Labute approximate surface area is 166 Å². The first kappa shape index (κ1) is 21.4. The standard InChI is InChI=1S/C17H24ClN3O3S.ClH/c18-14-2-1-3-15(12-14)25(23,24)20-8-4-16(22)21-10-6-17(7-11-21)5-9-19-13-17;/h1-3,12,19-20H,4-11,13H2;1H. The van der Waals surface area contributed by atoms with Gasteiger partial charge in [-0.2, -0.15) is 0 Å². The number of nitrogens with zero attached hydrogens (tertiary/aromatic N) is 1. The molecule has 1 aromatic carbocycles. The molecule has 3 rings (SSSR count). The minimum absolute atomic E-state index is 0. The van der Waals surface area contributed by atoms with Crippen molar-refractivity contribution in [1.82, 2.24) is 14.9 Å². The number of benzene rings is 1. The molecule has 0 aliphatic carbocycles. The van der Waals surface area contributed by atoms with Gasteiger partial charge in [0.1, 0.15) is 0 Å². The second-order valence-electron chi connectivity index (χ2n) is 6.91. The number of likely N-dealkylation sites (tertiary alicyclic amines) is 1. The van der Waals surface area contributed by atoms with E-state index >= 15 is 0 Å². The third kappa shape index (κ3) is 5.10. The number of rotatable bonds is 5. The fraction of sp³-hybridized carbons (Fsp3) is 0.588. The molecule has 2 heterocycles. The van der Waals surface area contributed by atoms with E-state index in [4.69, 9.17) is 11.6 Å². The Morgan fingerprint density at radius 2 is 2.00 bits per heavy atom. The predicted octanol–water partition coefficient (Wildman–Crippen LogP) is 2.03. The molecule has 2 aliphatic rings. The maximum absolute atomic E-state index is 12.3. The number of nitrogens with one attached hydrogen (secondary N) is 2. The number of carbonyl (C=O) groups excluding carboxylic acids is 1. The van der Waals surface area contributed by atoms with E-state index in [2.05, 4.69) is 10.0 Å². The number of amides is 1. The summed E-state index contributed by atoms with van der Waals surface area (Å²) in [5, 5.41) is 3.77. The molecular formula is C17H25Cl2N3O3S. The molecule has 2 fully saturated rings. The first-order valence-corrected chi connectivity index (χ1v) is 10.5. The number of carbonyl (C=O) groups is 1. The second-order valence-corrected chi connectivity index (χ2v) is 9.12. The molecule has 2 N–H and O–H groups in total. The van der Waals surface area contributed by atoms with Gasteiger partial charge in [-0.3, -0.25) is 4.79 Å². The van der Waals surface area contributed by atoms with Crippen LogP contribution in [0.25, 0.3) is 0 Å². The fourth-order valence-electron chi connectivity index (χ4n) is 3.62. The molecule has 0 atom stereocenters. The topological polar surface area (TPSA) is 78.5 Å². The highest BCUT2D eigenvalue weighted by molar-refractivity contribution is 7.89. The maximum Gasteiger partial charge on any atom is 0.240 e. The van der Waals surface area contributed by atoms with Crippen LogP contribution < -0.4 is 10.0 Å². The van der Waals surface area contributed by atoms with Gasteiger partial charge in [-0.05, 0) is 49.4 Å². The van der Waals surface area contributed by atoms with Crippen molar-refractivity contribution in [3.8, 4) is 0 Å². The van der Waals surface area contributed by atoms with Crippen LogP contribution in [0.4, 0.5) is 0 Å². The molecule has 146 valence electrons. The van der Waals surface area contributed by atoms with Gasteiger partial charge in [-0.25, -0.2) is 13.1 Å². The molecule has 1 amide bonds. The molecule has 26 heavy (non-hydrogen) atoms. The summed E-state index contributed by atoms with van der Waals surface area (Å²) < 4.78 is 26.9. The molecule has 6 nitrogen and oxygen atoms in total. The lowest BCUT2D eigenvalue weighted by molar-refractivity contribution is -0.133. The van der Waals surface area contributed by atoms with E-state index in [9.17, 15) is 13.2 Å². The number of hydrogen-bond acceptors (Lipinski definition) is 4. The highest BCUT2D eigenvalue weighted by atomic mass is 35.5. The van der Waals surface area contributed by atoms with E-state index in [1.807, 2.05) is 4.90 Å². The van der Waals surface area contributed by atoms with Crippen molar-refractivity contribution in [2.45, 2.75) is 30.6 Å². The zero-order valence-corrected chi connectivity index (χ0v) is 16.9. The van der Waals surface area contributed by atoms with Gasteiger partial charge >= 0.3 is 0 Å². The van der Waals surface area contributed by atoms with E-state index in [1.54, 1.807) is 12.1 Å². The van der Waals surface area contributed by atoms with Gasteiger partial charge in [0.25, 0.3) is 0 Å². The van der Waals surface area contributed by atoms with Crippen molar-refractivity contribution in [2.24, 2.45) is 5.41 Å². The van der Waals surface area contributed by atoms with E-state index in [0.29, 0.717) is 10.4 Å². The van der Waals surface area contributed by atoms with Crippen molar-refractivity contribution in [1.29, 1.82) is 0 Å². The number of piperidine rings is 1. The summed E-state index contributed by atoms with van der Waals surface area (Å²) in [7, 11) is -3.64. The Balaban J connectivity index is 0.00000243. The van der Waals surface area contributed by atoms with Crippen LogP contribution >= 0.6 is 24.0 Å². The van der Waals surface area contributed by atoms with E-state index < -0.39 is 10.0 Å². The van der Waals surface area contributed by atoms with E-state index in [1.165, 1.54) is 18.6 Å². The Morgan fingerprint density at radius 3 is 2.62 bits per heavy atom. The van der Waals surface area contributed by atoms with E-state index in [-0.39, 0.29) is 36.2 Å². The lowest BCUT2D eigenvalue weighted by atomic mass is 9.78. The van der Waals surface area contributed by atoms with Gasteiger partial charge in [0.15, 0.2) is 0 Å². The number of hydrogen-bond donors (Lipinski definition) is 2. The molecule has 0 radical (unpaired) electrons. The summed E-state index contributed by atoms with van der Waals surface area (Å²) in [6.45, 7) is 3.74. The van der Waals surface area contributed by atoms with Gasteiger partial charge in [0, 0.05) is 37.6 Å². The second kappa shape index (κ2) is 8.89. The molecule has 2 aliphatic heterocycles. The van der Waals surface area contributed by atoms with Crippen molar-refractivity contribution in [3.05, 3.63) is 29.3 Å². The summed E-state index contributed by atoms with van der Waals surface area (Å²) in [5.74, 6) is 0.00889. The van der Waals surface area contributed by atoms with Crippen LogP contribution in [-0.4, -0.2) is 51.9 Å². The molecule has 0 aromatic heterocycles. The lowest BCUT2D eigenvalue weighted by Gasteiger charge is -2.39. The van der Waals surface area contributed by atoms with Crippen molar-refractivity contribution in [3.63, 3.8) is 0 Å². The van der Waals surface area contributed by atoms with Crippen LogP contribution in [0, 0.1) is 5.41 Å². The molecular weight excluding hydrogens is 397 g/mol. The largest absolute Gasteiger partial charge is 0.343 e. The fourth-order valence-corrected chi connectivity index (χ4v) is 4.95. The normalized spacial score (nSPS) is 19.3. The number of sulfonamides is 1. The van der Waals surface area contributed by atoms with Gasteiger partial charge < -0.3 is 10.2 Å². The third-order valence-electron chi connectivity index (χ3n) is 5.25. The van der Waals surface area contributed by atoms with Crippen molar-refractivity contribution >= 4 is 39.9 Å². The average molecular weight is 422 g/mol. The smallest absolute Gasteiger partial charge is 0.240 e. The van der Waals surface area contributed by atoms with Crippen LogP contribution in [0.2, 0.25) is 5.02 Å². The predicted molar refractivity (Wildman–Crippen MR) is 104 cm³/mol. The Kier molecular flexibility index (Phi) is 7.33. The van der Waals surface area contributed by atoms with Gasteiger partial charge in [0.2, 0.25) is 15.9 Å². The summed E-state index contributed by atoms with van der Waals surface area (Å²) in [6, 6.07) is 6.08. The lowest BCUT2D eigenvalue weighted by Crippen LogP contribution is -2.44. The zero-order chi connectivity index (χ0) is 17.9. The zero-order valence-electron chi connectivity index (χ0n) is 14.5. The van der Waals surface area contributed by atoms with Gasteiger partial charge in [-0.15, -0.1) is 12.4 Å². The third-order valence-corrected chi connectivity index (χ3v) is 6.94. The quantitative estimate of drug-likeness (QED) is 0.761. The Bertz CT molecular complexity index is 727. The molecule has 0 unspecified atom stereocenters. The molecule has 0 saturated carbocycles. The van der Waals surface area contributed by atoms with Crippen molar-refractivity contribution < 1.29 is 13.2 Å². The van der Waals surface area contributed by atoms with Crippen LogP contribution in [0.3, 0.4) is 0 Å². The minimum atomic E-state index is -3.64. The monoisotopic (exact) mass is 421 g/mol. The summed E-state index contributed by atoms with van der Waals surface area (Å²) in [5.41, 5.74) is 0.366. The minimum Gasteiger partial charge on any atom is -0.343 e. The van der Waals surface area contributed by atoms with Crippen LogP contribution in [0.15, 0.2) is 29.2 Å². The number of halogens is 2. The molecule has 9 heteroatoms. The van der Waals surface area contributed by atoms with Gasteiger partial charge in [0.05, 0.1) is 4.90 Å². The van der Waals surface area contributed by atoms with Crippen LogP contribution in [0.1, 0.15) is 25.7 Å². The van der Waals surface area contributed by atoms with Gasteiger partial charge in [-0.1, -0.05) is 17.7 Å². The van der Waals surface area contributed by atoms with Crippen molar-refractivity contribution in [2.75, 3.05) is 32.7 Å². The highest BCUT2D eigenvalue weighted by Gasteiger charge is 2.37. The van der Waals surface area contributed by atoms with Crippen LogP contribution in [-0.2, 0) is 14.8 Å². The Hall–Kier alpha value is -0.860. The molecule has 1 aromatic rings. The highest BCUT2D eigenvalue weighted by Crippen LogP contribution is 2.36. The molecule has 2 saturated heterocycles. The Morgan fingerprint density at radius 1 is 1.27 bits per heavy atom.